The van der Waals surface area contributed by atoms with Gasteiger partial charge >= 0.3 is 6.01 Å². The molecule has 7 heteroatoms. The minimum absolute atomic E-state index is 0.310. The predicted octanol–water partition coefficient (Wildman–Crippen LogP) is 2.33. The second-order valence-electron chi connectivity index (χ2n) is 5.71. The number of ether oxygens (including phenoxy) is 1. The Balaban J connectivity index is 2.03. The summed E-state index contributed by atoms with van der Waals surface area (Å²) in [6, 6.07) is 0.714. The minimum Gasteiger partial charge on any atom is -0.463 e. The fraction of sp³-hybridized carbons (Fsp3) is 0.786. The third kappa shape index (κ3) is 5.00. The molecule has 0 aromatic carbocycles. The van der Waals surface area contributed by atoms with Crippen molar-refractivity contribution < 1.29 is 4.74 Å². The first-order chi connectivity index (χ1) is 10.2. The predicted molar refractivity (Wildman–Crippen MR) is 83.1 cm³/mol. The molecule has 118 valence electrons. The number of rotatable bonds is 6. The summed E-state index contributed by atoms with van der Waals surface area (Å²) in [6.45, 7) is 4.93. The van der Waals surface area contributed by atoms with Crippen LogP contribution in [0.15, 0.2) is 0 Å². The zero-order valence-corrected chi connectivity index (χ0v) is 12.9. The number of nitrogens with zero attached hydrogens (tertiary/aromatic N) is 3. The molecule has 1 aromatic rings. The molecule has 0 bridgehead atoms. The third-order valence-electron chi connectivity index (χ3n) is 3.77. The summed E-state index contributed by atoms with van der Waals surface area (Å²) in [7, 11) is 0. The fourth-order valence-corrected chi connectivity index (χ4v) is 2.56. The van der Waals surface area contributed by atoms with Crippen LogP contribution in [0.25, 0.3) is 0 Å². The molecule has 21 heavy (non-hydrogen) atoms. The zero-order valence-electron chi connectivity index (χ0n) is 12.9. The molecule has 2 unspecified atom stereocenters. The van der Waals surface area contributed by atoms with Crippen molar-refractivity contribution in [3.8, 4) is 6.01 Å². The molecule has 0 spiro atoms. The van der Waals surface area contributed by atoms with Gasteiger partial charge in [-0.25, -0.2) is 5.84 Å². The van der Waals surface area contributed by atoms with E-state index in [1.807, 2.05) is 6.92 Å². The van der Waals surface area contributed by atoms with Crippen LogP contribution >= 0.6 is 0 Å². The summed E-state index contributed by atoms with van der Waals surface area (Å²) in [4.78, 5) is 12.7. The second kappa shape index (κ2) is 7.97. The van der Waals surface area contributed by atoms with Gasteiger partial charge in [-0.2, -0.15) is 15.0 Å². The van der Waals surface area contributed by atoms with Crippen LogP contribution in [0.2, 0.25) is 0 Å². The molecule has 1 saturated carbocycles. The number of nitrogen functional groups attached to an aromatic ring is 1. The van der Waals surface area contributed by atoms with Gasteiger partial charge in [0.2, 0.25) is 11.9 Å². The van der Waals surface area contributed by atoms with Crippen molar-refractivity contribution in [2.75, 3.05) is 17.3 Å². The topological polar surface area (TPSA) is 98.0 Å². The van der Waals surface area contributed by atoms with Crippen molar-refractivity contribution >= 4 is 11.9 Å². The Morgan fingerprint density at radius 2 is 1.95 bits per heavy atom. The van der Waals surface area contributed by atoms with Crippen LogP contribution in [0.3, 0.4) is 0 Å². The van der Waals surface area contributed by atoms with Crippen LogP contribution in [0.4, 0.5) is 11.9 Å². The van der Waals surface area contributed by atoms with E-state index in [0.29, 0.717) is 30.6 Å². The molecule has 0 aliphatic heterocycles. The van der Waals surface area contributed by atoms with E-state index in [0.717, 1.165) is 25.2 Å². The second-order valence-corrected chi connectivity index (χ2v) is 5.71. The quantitative estimate of drug-likeness (QED) is 0.421. The van der Waals surface area contributed by atoms with E-state index >= 15 is 0 Å². The lowest BCUT2D eigenvalue weighted by molar-refractivity contribution is 0.292. The highest BCUT2D eigenvalue weighted by Crippen LogP contribution is 2.24. The summed E-state index contributed by atoms with van der Waals surface area (Å²) in [5, 5.41) is 3.40. The maximum Gasteiger partial charge on any atom is 0.323 e. The summed E-state index contributed by atoms with van der Waals surface area (Å²) in [5.41, 5.74) is 2.46. The Morgan fingerprint density at radius 1 is 1.14 bits per heavy atom. The van der Waals surface area contributed by atoms with E-state index in [1.165, 1.54) is 19.3 Å². The zero-order chi connectivity index (χ0) is 15.1. The van der Waals surface area contributed by atoms with Crippen LogP contribution < -0.4 is 21.3 Å². The summed E-state index contributed by atoms with van der Waals surface area (Å²) in [6.07, 6.45) is 6.97. The lowest BCUT2D eigenvalue weighted by Gasteiger charge is -2.17. The maximum atomic E-state index is 5.47. The van der Waals surface area contributed by atoms with Gasteiger partial charge in [0.15, 0.2) is 0 Å². The average Bonchev–Trinajstić information content (AvgIpc) is 2.69. The fourth-order valence-electron chi connectivity index (χ4n) is 2.56. The third-order valence-corrected chi connectivity index (χ3v) is 3.77. The van der Waals surface area contributed by atoms with Gasteiger partial charge < -0.3 is 10.1 Å². The lowest BCUT2D eigenvalue weighted by atomic mass is 10.0. The van der Waals surface area contributed by atoms with Crippen LogP contribution in [0.5, 0.6) is 6.01 Å². The number of nitrogens with one attached hydrogen (secondary N) is 2. The Bertz CT molecular complexity index is 441. The van der Waals surface area contributed by atoms with Crippen molar-refractivity contribution in [3.05, 3.63) is 0 Å². The normalized spacial score (nSPS) is 22.4. The van der Waals surface area contributed by atoms with Gasteiger partial charge in [0.05, 0.1) is 6.61 Å². The SMILES string of the molecule is CCCOc1nc(NN)nc(NC2CCCC(C)CC2)n1. The summed E-state index contributed by atoms with van der Waals surface area (Å²) >= 11 is 0. The molecule has 1 heterocycles. The first-order valence-electron chi connectivity index (χ1n) is 7.83. The molecule has 2 rings (SSSR count). The molecular weight excluding hydrogens is 268 g/mol. The number of anilines is 2. The number of aromatic nitrogens is 3. The first-order valence-corrected chi connectivity index (χ1v) is 7.83. The molecule has 1 aliphatic carbocycles. The number of nitrogens with two attached hydrogens (primary N) is 1. The van der Waals surface area contributed by atoms with Crippen LogP contribution in [-0.2, 0) is 0 Å². The van der Waals surface area contributed by atoms with E-state index in [4.69, 9.17) is 10.6 Å². The van der Waals surface area contributed by atoms with Gasteiger partial charge in [-0.05, 0) is 31.6 Å². The van der Waals surface area contributed by atoms with Crippen molar-refractivity contribution in [2.45, 2.75) is 58.4 Å². The van der Waals surface area contributed by atoms with Crippen molar-refractivity contribution in [2.24, 2.45) is 11.8 Å². The van der Waals surface area contributed by atoms with Crippen molar-refractivity contribution in [1.29, 1.82) is 0 Å². The summed E-state index contributed by atoms with van der Waals surface area (Å²) in [5.74, 6) is 7.06. The monoisotopic (exact) mass is 294 g/mol. The van der Waals surface area contributed by atoms with E-state index < -0.39 is 0 Å². The van der Waals surface area contributed by atoms with Crippen molar-refractivity contribution in [3.63, 3.8) is 0 Å². The molecule has 0 radical (unpaired) electrons. The Kier molecular flexibility index (Phi) is 5.98. The molecule has 1 aliphatic rings. The number of hydrazine groups is 1. The van der Waals surface area contributed by atoms with Gasteiger partial charge in [0.1, 0.15) is 0 Å². The Morgan fingerprint density at radius 3 is 2.71 bits per heavy atom. The van der Waals surface area contributed by atoms with Crippen LogP contribution in [-0.4, -0.2) is 27.6 Å². The van der Waals surface area contributed by atoms with Gasteiger partial charge in [-0.3, -0.25) is 5.43 Å². The van der Waals surface area contributed by atoms with E-state index in [9.17, 15) is 0 Å². The lowest BCUT2D eigenvalue weighted by Crippen LogP contribution is -2.22. The van der Waals surface area contributed by atoms with Crippen LogP contribution in [0, 0.1) is 5.92 Å². The van der Waals surface area contributed by atoms with Gasteiger partial charge in [-0.1, -0.05) is 26.7 Å². The smallest absolute Gasteiger partial charge is 0.323 e. The van der Waals surface area contributed by atoms with Gasteiger partial charge in [0, 0.05) is 6.04 Å². The van der Waals surface area contributed by atoms with Gasteiger partial charge in [0.25, 0.3) is 0 Å². The highest BCUT2D eigenvalue weighted by atomic mass is 16.5. The molecular formula is C14H26N6O. The first kappa shape index (κ1) is 15.8. The molecule has 1 fully saturated rings. The standard InChI is InChI=1S/C14H26N6O/c1-3-9-21-14-18-12(17-13(19-14)20-15)16-11-6-4-5-10(2)7-8-11/h10-11H,3-9,15H2,1-2H3,(H2,16,17,18,19,20). The largest absolute Gasteiger partial charge is 0.463 e. The average molecular weight is 294 g/mol. The minimum atomic E-state index is 0.310. The summed E-state index contributed by atoms with van der Waals surface area (Å²) < 4.78 is 5.47. The van der Waals surface area contributed by atoms with Gasteiger partial charge in [-0.15, -0.1) is 0 Å². The van der Waals surface area contributed by atoms with Crippen LogP contribution in [0.1, 0.15) is 52.4 Å². The van der Waals surface area contributed by atoms with E-state index in [2.05, 4.69) is 32.6 Å². The molecule has 4 N–H and O–H groups in total. The van der Waals surface area contributed by atoms with E-state index in [1.54, 1.807) is 0 Å². The Hall–Kier alpha value is -1.63. The highest BCUT2D eigenvalue weighted by molar-refractivity contribution is 5.35. The molecule has 0 amide bonds. The Labute approximate surface area is 126 Å². The molecule has 2 atom stereocenters. The highest BCUT2D eigenvalue weighted by Gasteiger charge is 2.17. The van der Waals surface area contributed by atoms with E-state index in [-0.39, 0.29) is 0 Å². The van der Waals surface area contributed by atoms with Crippen molar-refractivity contribution in [1.82, 2.24) is 15.0 Å². The number of hydrogen-bond acceptors (Lipinski definition) is 7. The molecule has 7 nitrogen and oxygen atoms in total. The maximum absolute atomic E-state index is 5.47. The number of hydrogen-bond donors (Lipinski definition) is 3. The molecule has 1 aromatic heterocycles. The molecule has 0 saturated heterocycles.